The molecule has 0 aromatic carbocycles. The molecule has 26 nitrogen and oxygen atoms in total. The van der Waals surface area contributed by atoms with Gasteiger partial charge in [-0.05, 0) is 86.5 Å². The number of ether oxygens (including phenoxy) is 6. The van der Waals surface area contributed by atoms with Crippen molar-refractivity contribution in [3.8, 4) is 0 Å². The van der Waals surface area contributed by atoms with Crippen molar-refractivity contribution in [3.63, 3.8) is 0 Å². The third kappa shape index (κ3) is 59.4. The summed E-state index contributed by atoms with van der Waals surface area (Å²) in [5, 5.41) is 29.8. The average molecular weight is 1110 g/mol. The van der Waals surface area contributed by atoms with Crippen LogP contribution in [-0.2, 0) is 91.0 Å². The van der Waals surface area contributed by atoms with Gasteiger partial charge in [0.2, 0.25) is 0 Å². The molecule has 2 aliphatic rings. The van der Waals surface area contributed by atoms with Crippen LogP contribution in [0.1, 0.15) is 117 Å². The van der Waals surface area contributed by atoms with Crippen LogP contribution in [0.3, 0.4) is 0 Å². The maximum atomic E-state index is 10.7. The van der Waals surface area contributed by atoms with E-state index in [1.165, 1.54) is 104 Å². The van der Waals surface area contributed by atoms with E-state index in [0.717, 1.165) is 5.57 Å². The lowest BCUT2D eigenvalue weighted by Crippen LogP contribution is -2.29. The van der Waals surface area contributed by atoms with Crippen molar-refractivity contribution < 1.29 is 96.1 Å². The van der Waals surface area contributed by atoms with Gasteiger partial charge in [-0.3, -0.25) is 28.8 Å². The minimum atomic E-state index is -0.350. The number of hydrogen-bond acceptors (Lipinski definition) is 26. The molecule has 2 aliphatic heterocycles. The fraction of sp³-hybridized carbons (Fsp3) is 0.627. The molecule has 0 bridgehead atoms. The first-order valence-corrected chi connectivity index (χ1v) is 23.2. The first-order chi connectivity index (χ1) is 36.0. The third-order valence-corrected chi connectivity index (χ3v) is 8.38. The maximum Gasteiger partial charge on any atom is 0.275 e. The molecule has 0 fully saturated rings. The molecule has 0 saturated heterocycles. The molecule has 0 spiro atoms. The fourth-order valence-corrected chi connectivity index (χ4v) is 3.19. The van der Waals surface area contributed by atoms with Gasteiger partial charge in [0.05, 0.1) is 52.8 Å². The Morgan fingerprint density at radius 1 is 0.519 bits per heavy atom. The van der Waals surface area contributed by atoms with Gasteiger partial charge >= 0.3 is 0 Å². The van der Waals surface area contributed by atoms with Gasteiger partial charge in [-0.1, -0.05) is 34.5 Å². The second-order valence-corrected chi connectivity index (χ2v) is 14.9. The highest BCUT2D eigenvalue weighted by Crippen LogP contribution is 2.06. The maximum absolute atomic E-state index is 10.7. The van der Waals surface area contributed by atoms with Crippen molar-refractivity contribution in [1.29, 1.82) is 0 Å². The normalized spacial score (nSPS) is 13.5. The van der Waals surface area contributed by atoms with Crippen molar-refractivity contribution in [2.24, 2.45) is 36.9 Å². The van der Waals surface area contributed by atoms with Crippen LogP contribution in [0.25, 0.3) is 0 Å². The Bertz CT molecular complexity index is 1750. The molecule has 2 unspecified atom stereocenters. The molecule has 77 heavy (non-hydrogen) atoms. The highest BCUT2D eigenvalue weighted by molar-refractivity contribution is 6.39. The molecule has 0 saturated carbocycles. The molecule has 0 amide bonds. The number of carbonyl (C=O) groups excluding carboxylic acids is 7. The van der Waals surface area contributed by atoms with E-state index in [2.05, 4.69) is 59.8 Å². The molecule has 1 N–H and O–H groups in total. The van der Waals surface area contributed by atoms with Crippen LogP contribution in [0.15, 0.2) is 66.4 Å². The van der Waals surface area contributed by atoms with E-state index in [-0.39, 0.29) is 59.1 Å². The number of aliphatic hydroxyl groups is 1. The summed E-state index contributed by atoms with van der Waals surface area (Å²) in [5.74, 6) is 0.876. The Hall–Kier alpha value is -7.35. The number of hydrogen-bond donors (Lipinski definition) is 1. The highest BCUT2D eigenvalue weighted by Gasteiger charge is 2.19. The zero-order valence-corrected chi connectivity index (χ0v) is 50.0. The molecular formula is C51H90N6O20. The van der Waals surface area contributed by atoms with Crippen LogP contribution in [-0.4, -0.2) is 176 Å². The molecule has 2 heterocycles. The first kappa shape index (κ1) is 83.6. The molecule has 2 atom stereocenters. The number of Topliss-reactive ketones (excluding diaryl/α,β-unsaturated/α-hetero) is 7. The van der Waals surface area contributed by atoms with Crippen molar-refractivity contribution in [2.75, 3.05) is 89.9 Å². The second kappa shape index (κ2) is 57.9. The lowest BCUT2D eigenvalue weighted by molar-refractivity contribution is -0.125. The predicted molar refractivity (Wildman–Crippen MR) is 294 cm³/mol. The van der Waals surface area contributed by atoms with Gasteiger partial charge < -0.3 is 67.3 Å². The van der Waals surface area contributed by atoms with Gasteiger partial charge in [-0.2, -0.15) is 0 Å². The molecule has 0 aromatic heterocycles. The van der Waals surface area contributed by atoms with Crippen molar-refractivity contribution in [3.05, 3.63) is 35.5 Å². The van der Waals surface area contributed by atoms with E-state index >= 15 is 0 Å². The Morgan fingerprint density at radius 2 is 0.844 bits per heavy atom. The van der Waals surface area contributed by atoms with Crippen molar-refractivity contribution >= 4 is 75.1 Å². The molecule has 444 valence electrons. The topological polar surface area (TPSA) is 325 Å². The Kier molecular flexibility index (Phi) is 62.9. The standard InChI is InChI=1S/C7H11NO3.C7H14O3.C6H10N2O3.2C6H10O2.3C5H9NO2.C4H8O/c1-6(5-9-2)7-8-11-4-3-10-7;1-5(6(2)9)7(4-8)10-3;1-5(7-9-2)6-8-11-4-3-10-6;2*1-5(4-8-3)6(2)7;3*1-4(5(2)7)6-8-3;1-3-4(2)5/h5H,3-4H2,1-2H3;5,7-8H,4H2,1-3H3;3-4H2,1-2H3;2*4H,1-3H3;3*1-3H3;3H2,1-2H3. The Labute approximate surface area is 455 Å². The van der Waals surface area contributed by atoms with Gasteiger partial charge in [-0.25, -0.2) is 0 Å². The van der Waals surface area contributed by atoms with Crippen LogP contribution < -0.4 is 0 Å². The van der Waals surface area contributed by atoms with Crippen LogP contribution >= 0.6 is 0 Å². The molecular weight excluding hydrogens is 1020 g/mol. The summed E-state index contributed by atoms with van der Waals surface area (Å²) < 4.78 is 29.1. The SMILES string of the molecule is CCC(C)=O.COC(CO)C(C)C(C)=O.COC=C(C)C(C)=O.COC=C(C)C(C)=O.COC=C(C)C1=NOCCO1.CON=C(C)C(C)=O.CON=C(C)C(C)=O.CON=C(C)C(C)=O.CON=C(C)C1=NOCCO1. The summed E-state index contributed by atoms with van der Waals surface area (Å²) in [7, 11) is 11.8. The summed E-state index contributed by atoms with van der Waals surface area (Å²) >= 11 is 0. The Morgan fingerprint density at radius 3 is 1.01 bits per heavy atom. The second-order valence-electron chi connectivity index (χ2n) is 14.9. The lowest BCUT2D eigenvalue weighted by Gasteiger charge is -2.17. The summed E-state index contributed by atoms with van der Waals surface area (Å²) in [4.78, 5) is 99.4. The zero-order chi connectivity index (χ0) is 61.5. The number of ketones is 7. The number of allylic oxidation sites excluding steroid dienone is 2. The minimum Gasteiger partial charge on any atom is -0.504 e. The lowest BCUT2D eigenvalue weighted by atomic mass is 10.0. The van der Waals surface area contributed by atoms with E-state index in [9.17, 15) is 33.6 Å². The van der Waals surface area contributed by atoms with E-state index in [0.29, 0.717) is 78.6 Å². The van der Waals surface area contributed by atoms with E-state index in [4.69, 9.17) is 33.7 Å². The summed E-state index contributed by atoms with van der Waals surface area (Å²) in [6.07, 6.45) is 4.75. The Balaban J connectivity index is -0.000000144. The van der Waals surface area contributed by atoms with Gasteiger partial charge in [0, 0.05) is 56.9 Å². The summed E-state index contributed by atoms with van der Waals surface area (Å²) in [6, 6.07) is 0. The third-order valence-electron chi connectivity index (χ3n) is 8.38. The summed E-state index contributed by atoms with van der Waals surface area (Å²) in [6.45, 7) is 27.8. The minimum absolute atomic E-state index is 0.0425. The van der Waals surface area contributed by atoms with Gasteiger partial charge in [-0.15, -0.1) is 0 Å². The smallest absolute Gasteiger partial charge is 0.275 e. The average Bonchev–Trinajstić information content (AvgIpc) is 3.39. The first-order valence-electron chi connectivity index (χ1n) is 23.2. The van der Waals surface area contributed by atoms with E-state index in [1.807, 2.05) is 13.8 Å². The van der Waals surface area contributed by atoms with Crippen LogP contribution in [0.4, 0.5) is 0 Å². The van der Waals surface area contributed by atoms with Crippen LogP contribution in [0, 0.1) is 5.92 Å². The molecule has 26 heteroatoms. The molecule has 0 aliphatic carbocycles. The number of aliphatic hydroxyl groups excluding tert-OH is 1. The number of oxime groups is 6. The number of carbonyl (C=O) groups is 7. The largest absolute Gasteiger partial charge is 0.504 e. The fourth-order valence-electron chi connectivity index (χ4n) is 3.19. The van der Waals surface area contributed by atoms with Crippen LogP contribution in [0.2, 0.25) is 0 Å². The van der Waals surface area contributed by atoms with E-state index < -0.39 is 0 Å². The van der Waals surface area contributed by atoms with Gasteiger partial charge in [0.1, 0.15) is 76.1 Å². The number of nitrogens with zero attached hydrogens (tertiary/aromatic N) is 6. The highest BCUT2D eigenvalue weighted by atomic mass is 16.7. The monoisotopic (exact) mass is 1110 g/mol. The summed E-state index contributed by atoms with van der Waals surface area (Å²) in [5.41, 5.74) is 3.88. The number of rotatable bonds is 19. The van der Waals surface area contributed by atoms with E-state index in [1.54, 1.807) is 68.8 Å². The van der Waals surface area contributed by atoms with Gasteiger partial charge in [0.25, 0.3) is 11.8 Å². The molecule has 0 radical (unpaired) electrons. The van der Waals surface area contributed by atoms with Crippen molar-refractivity contribution in [1.82, 2.24) is 0 Å². The van der Waals surface area contributed by atoms with Gasteiger partial charge in [0.15, 0.2) is 42.1 Å². The number of methoxy groups -OCH3 is 4. The quantitative estimate of drug-likeness (QED) is 0.0623. The van der Waals surface area contributed by atoms with Crippen molar-refractivity contribution in [2.45, 2.75) is 123 Å². The predicted octanol–water partition coefficient (Wildman–Crippen LogP) is 6.51. The van der Waals surface area contributed by atoms with Crippen LogP contribution in [0.5, 0.6) is 0 Å². The molecule has 2 rings (SSSR count). The zero-order valence-electron chi connectivity index (χ0n) is 50.0. The molecule has 0 aromatic rings.